The Bertz CT molecular complexity index is 646. The van der Waals surface area contributed by atoms with Crippen molar-refractivity contribution in [1.29, 1.82) is 0 Å². The van der Waals surface area contributed by atoms with Crippen LogP contribution >= 0.6 is 24.8 Å². The summed E-state index contributed by atoms with van der Waals surface area (Å²) in [5, 5.41) is 9.32. The maximum atomic E-state index is 13.0. The van der Waals surface area contributed by atoms with E-state index in [9.17, 15) is 18.0 Å². The third kappa shape index (κ3) is 6.42. The maximum Gasteiger partial charge on any atom is 0.416 e. The SMILES string of the molecule is CCCNc1ccc(C(F)(F)F)cc1NC(=O)CC1CC2CCC(C1)N2.Cl.Cl. The Kier molecular flexibility index (Phi) is 9.37. The number of carbonyl (C=O) groups is 1. The van der Waals surface area contributed by atoms with Gasteiger partial charge in [0.05, 0.1) is 16.9 Å². The molecule has 0 radical (unpaired) electrons. The van der Waals surface area contributed by atoms with Crippen LogP contribution in [0.3, 0.4) is 0 Å². The van der Waals surface area contributed by atoms with Crippen LogP contribution in [0.4, 0.5) is 24.5 Å². The van der Waals surface area contributed by atoms with Gasteiger partial charge in [0.15, 0.2) is 0 Å². The van der Waals surface area contributed by atoms with Gasteiger partial charge in [-0.2, -0.15) is 13.2 Å². The summed E-state index contributed by atoms with van der Waals surface area (Å²) >= 11 is 0. The quantitative estimate of drug-likeness (QED) is 0.566. The summed E-state index contributed by atoms with van der Waals surface area (Å²) < 4.78 is 39.0. The third-order valence-electron chi connectivity index (χ3n) is 5.23. The molecular formula is C19H28Cl2F3N3O. The van der Waals surface area contributed by atoms with Gasteiger partial charge in [0.1, 0.15) is 0 Å². The van der Waals surface area contributed by atoms with Crippen LogP contribution in [0.2, 0.25) is 0 Å². The molecule has 1 aromatic carbocycles. The fourth-order valence-electron chi connectivity index (χ4n) is 4.04. The zero-order valence-corrected chi connectivity index (χ0v) is 17.4. The topological polar surface area (TPSA) is 53.2 Å². The highest BCUT2D eigenvalue weighted by Gasteiger charge is 2.34. The number of anilines is 2. The molecule has 3 rings (SSSR count). The number of amides is 1. The first kappa shape index (κ1) is 24.9. The van der Waals surface area contributed by atoms with Gasteiger partial charge in [0.25, 0.3) is 0 Å². The number of fused-ring (bicyclic) bond motifs is 2. The first-order valence-corrected chi connectivity index (χ1v) is 9.36. The Balaban J connectivity index is 0.00000196. The Labute approximate surface area is 176 Å². The van der Waals surface area contributed by atoms with E-state index in [0.717, 1.165) is 44.2 Å². The molecule has 2 atom stereocenters. The molecule has 28 heavy (non-hydrogen) atoms. The minimum atomic E-state index is -4.43. The van der Waals surface area contributed by atoms with Crippen LogP contribution in [0.1, 0.15) is 51.0 Å². The molecule has 0 aromatic heterocycles. The van der Waals surface area contributed by atoms with E-state index in [2.05, 4.69) is 16.0 Å². The third-order valence-corrected chi connectivity index (χ3v) is 5.23. The summed E-state index contributed by atoms with van der Waals surface area (Å²) in [6.45, 7) is 2.60. The van der Waals surface area contributed by atoms with Crippen LogP contribution in [0.25, 0.3) is 0 Å². The monoisotopic (exact) mass is 441 g/mol. The molecule has 2 bridgehead atoms. The molecule has 0 spiro atoms. The second-order valence-corrected chi connectivity index (χ2v) is 7.41. The van der Waals surface area contributed by atoms with Gasteiger partial charge in [0.2, 0.25) is 5.91 Å². The molecule has 0 aliphatic carbocycles. The minimum Gasteiger partial charge on any atom is -0.383 e. The molecule has 3 N–H and O–H groups in total. The number of nitrogens with one attached hydrogen (secondary N) is 3. The van der Waals surface area contributed by atoms with Crippen molar-refractivity contribution in [2.75, 3.05) is 17.2 Å². The van der Waals surface area contributed by atoms with Crippen molar-refractivity contribution in [2.45, 2.75) is 63.7 Å². The molecule has 0 saturated carbocycles. The fourth-order valence-corrected chi connectivity index (χ4v) is 4.04. The van der Waals surface area contributed by atoms with Crippen LogP contribution in [-0.2, 0) is 11.0 Å². The number of alkyl halides is 3. The summed E-state index contributed by atoms with van der Waals surface area (Å²) in [7, 11) is 0. The van der Waals surface area contributed by atoms with Crippen molar-refractivity contribution >= 4 is 42.1 Å². The average molecular weight is 442 g/mol. The average Bonchev–Trinajstić information content (AvgIpc) is 2.91. The summed E-state index contributed by atoms with van der Waals surface area (Å²) in [6.07, 6.45) is 1.01. The Hall–Kier alpha value is -1.18. The number of carbonyl (C=O) groups excluding carboxylic acids is 1. The van der Waals surface area contributed by atoms with Gasteiger partial charge in [-0.1, -0.05) is 6.92 Å². The van der Waals surface area contributed by atoms with E-state index in [1.165, 1.54) is 6.07 Å². The summed E-state index contributed by atoms with van der Waals surface area (Å²) in [4.78, 5) is 12.5. The summed E-state index contributed by atoms with van der Waals surface area (Å²) in [5.74, 6) is 0.0850. The van der Waals surface area contributed by atoms with Crippen molar-refractivity contribution < 1.29 is 18.0 Å². The first-order valence-electron chi connectivity index (χ1n) is 9.36. The van der Waals surface area contributed by atoms with Gasteiger partial charge < -0.3 is 16.0 Å². The molecule has 2 unspecified atom stereocenters. The molecule has 2 fully saturated rings. The van der Waals surface area contributed by atoms with Crippen LogP contribution < -0.4 is 16.0 Å². The molecule has 2 heterocycles. The zero-order valence-electron chi connectivity index (χ0n) is 15.8. The molecule has 2 aliphatic rings. The van der Waals surface area contributed by atoms with E-state index < -0.39 is 11.7 Å². The summed E-state index contributed by atoms with van der Waals surface area (Å²) in [5.41, 5.74) is -0.0245. The maximum absolute atomic E-state index is 13.0. The van der Waals surface area contributed by atoms with Gasteiger partial charge in [-0.3, -0.25) is 4.79 Å². The predicted octanol–water partition coefficient (Wildman–Crippen LogP) is 5.23. The van der Waals surface area contributed by atoms with Gasteiger partial charge in [-0.25, -0.2) is 0 Å². The number of hydrogen-bond acceptors (Lipinski definition) is 3. The molecule has 2 aliphatic heterocycles. The van der Waals surface area contributed by atoms with E-state index >= 15 is 0 Å². The van der Waals surface area contributed by atoms with Crippen LogP contribution in [0.15, 0.2) is 18.2 Å². The van der Waals surface area contributed by atoms with Crippen LogP contribution in [0.5, 0.6) is 0 Å². The Morgan fingerprint density at radius 1 is 1.14 bits per heavy atom. The lowest BCUT2D eigenvalue weighted by Gasteiger charge is -2.28. The minimum absolute atomic E-state index is 0. The van der Waals surface area contributed by atoms with E-state index in [1.807, 2.05) is 6.92 Å². The lowest BCUT2D eigenvalue weighted by molar-refractivity contribution is -0.137. The highest BCUT2D eigenvalue weighted by molar-refractivity contribution is 5.94. The van der Waals surface area contributed by atoms with Crippen molar-refractivity contribution in [1.82, 2.24) is 5.32 Å². The van der Waals surface area contributed by atoms with Crippen molar-refractivity contribution in [3.63, 3.8) is 0 Å². The molecular weight excluding hydrogens is 414 g/mol. The second kappa shape index (κ2) is 10.6. The predicted molar refractivity (Wildman–Crippen MR) is 111 cm³/mol. The highest BCUT2D eigenvalue weighted by Crippen LogP contribution is 2.35. The van der Waals surface area contributed by atoms with Gasteiger partial charge in [0, 0.05) is 25.0 Å². The number of hydrogen-bond donors (Lipinski definition) is 3. The van der Waals surface area contributed by atoms with Crippen LogP contribution in [-0.4, -0.2) is 24.5 Å². The van der Waals surface area contributed by atoms with Gasteiger partial charge >= 0.3 is 6.18 Å². The van der Waals surface area contributed by atoms with E-state index in [1.54, 1.807) is 0 Å². The standard InChI is InChI=1S/C19H26F3N3O.2ClH/c1-2-7-23-16-6-3-13(19(20,21)22)11-17(16)25-18(26)10-12-8-14-4-5-15(9-12)24-14;;/h3,6,11-12,14-15,23-24H,2,4-5,7-10H2,1H3,(H,25,26);2*1H. The van der Waals surface area contributed by atoms with E-state index in [0.29, 0.717) is 36.7 Å². The molecule has 1 aromatic rings. The normalized spacial score (nSPS) is 23.4. The van der Waals surface area contributed by atoms with Gasteiger partial charge in [-0.15, -0.1) is 24.8 Å². The van der Waals surface area contributed by atoms with Gasteiger partial charge in [-0.05, 0) is 56.2 Å². The number of benzene rings is 1. The largest absolute Gasteiger partial charge is 0.416 e. The lowest BCUT2D eigenvalue weighted by atomic mass is 9.89. The van der Waals surface area contributed by atoms with Crippen LogP contribution in [0, 0.1) is 5.92 Å². The number of piperidine rings is 1. The summed E-state index contributed by atoms with van der Waals surface area (Å²) in [6, 6.07) is 4.42. The fraction of sp³-hybridized carbons (Fsp3) is 0.632. The number of rotatable bonds is 6. The Morgan fingerprint density at radius 2 is 1.79 bits per heavy atom. The molecule has 4 nitrogen and oxygen atoms in total. The lowest BCUT2D eigenvalue weighted by Crippen LogP contribution is -2.39. The van der Waals surface area contributed by atoms with Crippen molar-refractivity contribution in [3.8, 4) is 0 Å². The first-order chi connectivity index (χ1) is 12.3. The Morgan fingerprint density at radius 3 is 2.36 bits per heavy atom. The molecule has 160 valence electrons. The smallest absolute Gasteiger partial charge is 0.383 e. The molecule has 2 saturated heterocycles. The van der Waals surface area contributed by atoms with Crippen molar-refractivity contribution in [3.05, 3.63) is 23.8 Å². The number of halogens is 5. The highest BCUT2D eigenvalue weighted by atomic mass is 35.5. The van der Waals surface area contributed by atoms with E-state index in [4.69, 9.17) is 0 Å². The van der Waals surface area contributed by atoms with E-state index in [-0.39, 0.29) is 36.4 Å². The zero-order chi connectivity index (χ0) is 18.7. The molecule has 1 amide bonds. The van der Waals surface area contributed by atoms with Crippen molar-refractivity contribution in [2.24, 2.45) is 5.92 Å². The molecule has 9 heteroatoms. The second-order valence-electron chi connectivity index (χ2n) is 7.41.